The van der Waals surface area contributed by atoms with Gasteiger partial charge >= 0.3 is 0 Å². The number of carbonyl (C=O) groups is 1. The summed E-state index contributed by atoms with van der Waals surface area (Å²) in [5.41, 5.74) is 3.58. The van der Waals surface area contributed by atoms with Crippen molar-refractivity contribution in [3.63, 3.8) is 0 Å². The van der Waals surface area contributed by atoms with Crippen molar-refractivity contribution in [2.24, 2.45) is 0 Å². The number of benzene rings is 2. The summed E-state index contributed by atoms with van der Waals surface area (Å²) in [6.45, 7) is 11.3. The number of hydrogen-bond acceptors (Lipinski definition) is 2. The Kier molecular flexibility index (Phi) is 7.76. The van der Waals surface area contributed by atoms with Gasteiger partial charge in [0.25, 0.3) is 5.91 Å². The van der Waals surface area contributed by atoms with E-state index in [4.69, 9.17) is 4.74 Å². The van der Waals surface area contributed by atoms with Crippen molar-refractivity contribution in [1.29, 1.82) is 0 Å². The molecule has 1 amide bonds. The van der Waals surface area contributed by atoms with Crippen LogP contribution in [-0.4, -0.2) is 12.5 Å². The molecule has 1 N–H and O–H groups in total. The highest BCUT2D eigenvalue weighted by atomic mass is 79.9. The zero-order chi connectivity index (χ0) is 20.7. The van der Waals surface area contributed by atoms with Crippen LogP contribution in [0.3, 0.4) is 0 Å². The molecule has 0 unspecified atom stereocenters. The van der Waals surface area contributed by atoms with Gasteiger partial charge in [0.05, 0.1) is 12.2 Å². The van der Waals surface area contributed by atoms with Crippen molar-refractivity contribution in [3.05, 3.63) is 83.1 Å². The molecule has 0 radical (unpaired) electrons. The number of hydrogen-bond donors (Lipinski definition) is 1. The summed E-state index contributed by atoms with van der Waals surface area (Å²) in [5, 5.41) is 2.65. The molecule has 0 bridgehead atoms. The maximum atomic E-state index is 13.4. The number of nitrogens with one attached hydrogen (secondary N) is 1. The summed E-state index contributed by atoms with van der Waals surface area (Å²) in [5.74, 6) is -0.473. The van der Waals surface area contributed by atoms with Crippen LogP contribution in [0.1, 0.15) is 19.4 Å². The third-order valence-electron chi connectivity index (χ3n) is 4.05. The van der Waals surface area contributed by atoms with E-state index < -0.39 is 11.7 Å². The number of rotatable bonds is 5. The molecule has 1 heterocycles. The number of ether oxygens (including phenoxy) is 1. The van der Waals surface area contributed by atoms with Gasteiger partial charge in [-0.25, -0.2) is 4.39 Å². The summed E-state index contributed by atoms with van der Waals surface area (Å²) in [6, 6.07) is 11.4. The van der Waals surface area contributed by atoms with E-state index in [1.54, 1.807) is 12.1 Å². The molecule has 0 saturated heterocycles. The van der Waals surface area contributed by atoms with Gasteiger partial charge in [0, 0.05) is 16.6 Å². The Bertz CT molecular complexity index is 917. The van der Waals surface area contributed by atoms with Crippen molar-refractivity contribution in [2.45, 2.75) is 20.3 Å². The lowest BCUT2D eigenvalue weighted by molar-refractivity contribution is -0.112. The minimum Gasteiger partial charge on any atom is -0.493 e. The van der Waals surface area contributed by atoms with E-state index in [1.165, 1.54) is 17.7 Å². The number of anilines is 1. The maximum Gasteiger partial charge on any atom is 0.258 e. The highest BCUT2D eigenvalue weighted by Crippen LogP contribution is 2.37. The number of fused-ring (bicyclic) bond motifs is 1. The molecule has 3 rings (SSSR count). The van der Waals surface area contributed by atoms with Crippen LogP contribution >= 0.6 is 15.9 Å². The number of halogens is 2. The first-order valence-electron chi connectivity index (χ1n) is 9.04. The van der Waals surface area contributed by atoms with Crippen molar-refractivity contribution in [1.82, 2.24) is 0 Å². The third kappa shape index (κ3) is 4.98. The van der Waals surface area contributed by atoms with E-state index >= 15 is 0 Å². The number of carbonyl (C=O) groups excluding carboxylic acids is 1. The number of amides is 1. The normalized spacial score (nSPS) is 12.2. The topological polar surface area (TPSA) is 38.3 Å². The van der Waals surface area contributed by atoms with E-state index in [0.717, 1.165) is 27.8 Å². The van der Waals surface area contributed by atoms with Crippen LogP contribution in [0.4, 0.5) is 10.1 Å². The molecule has 3 nitrogen and oxygen atoms in total. The van der Waals surface area contributed by atoms with E-state index in [2.05, 4.69) is 40.5 Å². The smallest absolute Gasteiger partial charge is 0.258 e. The largest absolute Gasteiger partial charge is 0.493 e. The lowest BCUT2D eigenvalue weighted by Crippen LogP contribution is -2.14. The minimum atomic E-state index is -0.805. The summed E-state index contributed by atoms with van der Waals surface area (Å²) in [4.78, 5) is 12.1. The van der Waals surface area contributed by atoms with Crippen LogP contribution in [0, 0.1) is 0 Å². The molecule has 28 heavy (non-hydrogen) atoms. The van der Waals surface area contributed by atoms with E-state index in [0.29, 0.717) is 12.3 Å². The van der Waals surface area contributed by atoms with Gasteiger partial charge in [-0.2, -0.15) is 0 Å². The van der Waals surface area contributed by atoms with E-state index in [-0.39, 0.29) is 5.57 Å². The summed E-state index contributed by atoms with van der Waals surface area (Å²) in [7, 11) is 0. The summed E-state index contributed by atoms with van der Waals surface area (Å²) < 4.78 is 20.0. The Hall–Kier alpha value is -2.66. The van der Waals surface area contributed by atoms with Crippen LogP contribution in [0.25, 0.3) is 11.1 Å². The molecule has 0 atom stereocenters. The molecular formula is C23H23BrFNO2. The molecule has 0 aliphatic carbocycles. The van der Waals surface area contributed by atoms with Crippen LogP contribution in [0.5, 0.6) is 5.75 Å². The lowest BCUT2D eigenvalue weighted by atomic mass is 10.0. The molecule has 1 aliphatic heterocycles. The van der Waals surface area contributed by atoms with Crippen LogP contribution in [-0.2, 0) is 11.2 Å². The van der Waals surface area contributed by atoms with Gasteiger partial charge in [0.2, 0.25) is 0 Å². The predicted octanol–water partition coefficient (Wildman–Crippen LogP) is 6.61. The second-order valence-electron chi connectivity index (χ2n) is 5.79. The molecule has 0 fully saturated rings. The summed E-state index contributed by atoms with van der Waals surface area (Å²) in [6.07, 6.45) is 3.55. The fourth-order valence-electron chi connectivity index (χ4n) is 2.76. The highest BCUT2D eigenvalue weighted by molar-refractivity contribution is 9.10. The predicted molar refractivity (Wildman–Crippen MR) is 117 cm³/mol. The monoisotopic (exact) mass is 443 g/mol. The average molecular weight is 444 g/mol. The molecule has 146 valence electrons. The molecule has 1 aliphatic rings. The Balaban J connectivity index is 0.00000136. The van der Waals surface area contributed by atoms with Crippen molar-refractivity contribution in [2.75, 3.05) is 11.9 Å². The first-order valence-corrected chi connectivity index (χ1v) is 9.83. The van der Waals surface area contributed by atoms with Crippen LogP contribution < -0.4 is 10.1 Å². The highest BCUT2D eigenvalue weighted by Gasteiger charge is 2.16. The minimum absolute atomic E-state index is 0.150. The fourth-order valence-corrected chi connectivity index (χ4v) is 3.37. The van der Waals surface area contributed by atoms with Gasteiger partial charge in [-0.1, -0.05) is 61.1 Å². The zero-order valence-corrected chi connectivity index (χ0v) is 17.6. The van der Waals surface area contributed by atoms with E-state index in [1.807, 2.05) is 32.0 Å². The summed E-state index contributed by atoms with van der Waals surface area (Å²) >= 11 is 3.60. The molecule has 5 heteroatoms. The standard InChI is InChI=1S/C21H17BrFNO2.C2H6/c1-3-4-17(13(2)23)21(25)24-16-7-5-14(6-8-16)18-12-20-15(9-10-26-20)11-19(18)22;1-2/h3-8,11-12H,1-2,9-10H2,(H,24,25);1-2H3/b17-4+;. The first-order chi connectivity index (χ1) is 13.5. The lowest BCUT2D eigenvalue weighted by Gasteiger charge is -2.10. The van der Waals surface area contributed by atoms with Gasteiger partial charge in [0.15, 0.2) is 0 Å². The Labute approximate surface area is 173 Å². The van der Waals surface area contributed by atoms with Gasteiger partial charge in [0.1, 0.15) is 11.6 Å². The average Bonchev–Trinajstić information content (AvgIpc) is 3.14. The van der Waals surface area contributed by atoms with Crippen molar-refractivity contribution >= 4 is 27.5 Å². The van der Waals surface area contributed by atoms with Crippen molar-refractivity contribution in [3.8, 4) is 16.9 Å². The second kappa shape index (κ2) is 10.0. The molecule has 2 aromatic carbocycles. The quantitative estimate of drug-likeness (QED) is 0.416. The van der Waals surface area contributed by atoms with Crippen LogP contribution in [0.15, 0.2) is 77.6 Å². The maximum absolute atomic E-state index is 13.4. The van der Waals surface area contributed by atoms with Gasteiger partial charge in [-0.3, -0.25) is 4.79 Å². The molecule has 2 aromatic rings. The van der Waals surface area contributed by atoms with Gasteiger partial charge < -0.3 is 10.1 Å². The second-order valence-corrected chi connectivity index (χ2v) is 6.64. The number of allylic oxidation sites excluding steroid dienone is 2. The Morgan fingerprint density at radius 1 is 1.25 bits per heavy atom. The molecule has 0 spiro atoms. The Morgan fingerprint density at radius 3 is 2.54 bits per heavy atom. The SMILES string of the molecule is C=C/C=C(\C(=C)F)C(=O)Nc1ccc(-c2cc3c(cc2Br)CCO3)cc1.CC. The van der Waals surface area contributed by atoms with Crippen molar-refractivity contribution < 1.29 is 13.9 Å². The molecule has 0 aromatic heterocycles. The zero-order valence-electron chi connectivity index (χ0n) is 16.0. The van der Waals surface area contributed by atoms with Gasteiger partial charge in [-0.05, 0) is 47.0 Å². The molecule has 0 saturated carbocycles. The Morgan fingerprint density at radius 2 is 1.93 bits per heavy atom. The van der Waals surface area contributed by atoms with Crippen LogP contribution in [0.2, 0.25) is 0 Å². The first kappa shape index (κ1) is 21.6. The molecular weight excluding hydrogens is 421 g/mol. The third-order valence-corrected chi connectivity index (χ3v) is 4.71. The fraction of sp³-hybridized carbons (Fsp3) is 0.174. The van der Waals surface area contributed by atoms with E-state index in [9.17, 15) is 9.18 Å². The van der Waals surface area contributed by atoms with Gasteiger partial charge in [-0.15, -0.1) is 0 Å².